The summed E-state index contributed by atoms with van der Waals surface area (Å²) >= 11 is 0. The lowest BCUT2D eigenvalue weighted by Gasteiger charge is -2.49. The molecule has 0 amide bonds. The van der Waals surface area contributed by atoms with Crippen molar-refractivity contribution in [3.8, 4) is 11.6 Å². The van der Waals surface area contributed by atoms with Crippen LogP contribution in [-0.2, 0) is 37.4 Å². The van der Waals surface area contributed by atoms with Gasteiger partial charge in [0.2, 0.25) is 11.6 Å². The van der Waals surface area contributed by atoms with E-state index in [0.29, 0.717) is 36.4 Å². The number of Topliss-reactive ketones (excluding diaryl/α,β-unsaturated/α-hetero) is 2. The molecule has 4 aromatic rings. The number of aromatic nitrogens is 1. The second-order valence-corrected chi connectivity index (χ2v) is 16.6. The number of aliphatic hydroxyl groups excluding tert-OH is 1. The zero-order valence-electron chi connectivity index (χ0n) is 31.3. The molecule has 0 bridgehead atoms. The summed E-state index contributed by atoms with van der Waals surface area (Å²) in [5.74, 6) is -3.92. The number of carbonyl (C=O) groups excluding carboxylic acids is 2. The average molecular weight is 736 g/mol. The minimum atomic E-state index is -2.57. The van der Waals surface area contributed by atoms with Crippen molar-refractivity contribution >= 4 is 17.3 Å². The normalized spacial score (nSPS) is 23.7. The monoisotopic (exact) mass is 735 g/mol. The first-order valence-corrected chi connectivity index (χ1v) is 18.6. The van der Waals surface area contributed by atoms with Crippen LogP contribution in [0, 0.1) is 23.1 Å². The van der Waals surface area contributed by atoms with Crippen molar-refractivity contribution < 1.29 is 38.2 Å². The molecule has 1 aliphatic heterocycles. The minimum Gasteiger partial charge on any atom is -0.507 e. The Morgan fingerprint density at radius 2 is 1.59 bits per heavy atom. The van der Waals surface area contributed by atoms with Crippen LogP contribution in [-0.4, -0.2) is 69.5 Å². The number of hydrogen-bond acceptors (Lipinski definition) is 10. The van der Waals surface area contributed by atoms with E-state index in [0.717, 1.165) is 17.7 Å². The first-order valence-electron chi connectivity index (χ1n) is 18.6. The van der Waals surface area contributed by atoms with E-state index in [1.54, 1.807) is 19.0 Å². The van der Waals surface area contributed by atoms with Gasteiger partial charge in [-0.15, -0.1) is 0 Å². The molecule has 2 N–H and O–H groups in total. The van der Waals surface area contributed by atoms with Gasteiger partial charge in [0.05, 0.1) is 11.6 Å². The van der Waals surface area contributed by atoms with Crippen molar-refractivity contribution in [2.24, 2.45) is 17.3 Å². The van der Waals surface area contributed by atoms with Crippen LogP contribution in [0.1, 0.15) is 82.7 Å². The van der Waals surface area contributed by atoms with Gasteiger partial charge < -0.3 is 24.2 Å². The Morgan fingerprint density at radius 1 is 0.944 bits per heavy atom. The van der Waals surface area contributed by atoms with Crippen molar-refractivity contribution in [2.75, 3.05) is 27.2 Å². The molecular formula is C43H46FN3O7. The van der Waals surface area contributed by atoms with E-state index in [-0.39, 0.29) is 65.4 Å². The highest BCUT2D eigenvalue weighted by molar-refractivity contribution is 6.26. The second kappa shape index (κ2) is 13.5. The molecule has 0 spiro atoms. The van der Waals surface area contributed by atoms with Gasteiger partial charge >= 0.3 is 0 Å². The van der Waals surface area contributed by atoms with Crippen molar-refractivity contribution in [3.05, 3.63) is 117 Å². The van der Waals surface area contributed by atoms with Gasteiger partial charge in [0.25, 0.3) is 5.88 Å². The van der Waals surface area contributed by atoms with Crippen LogP contribution in [0.3, 0.4) is 0 Å². The van der Waals surface area contributed by atoms with Crippen molar-refractivity contribution in [1.82, 2.24) is 15.0 Å². The van der Waals surface area contributed by atoms with E-state index in [1.807, 2.05) is 60.7 Å². The molecule has 8 rings (SSSR count). The molecule has 4 atom stereocenters. The summed E-state index contributed by atoms with van der Waals surface area (Å²) in [4.78, 5) is 33.4. The summed E-state index contributed by atoms with van der Waals surface area (Å²) in [5, 5.41) is 28.9. The van der Waals surface area contributed by atoms with Crippen LogP contribution in [0.5, 0.6) is 11.6 Å². The van der Waals surface area contributed by atoms with Gasteiger partial charge in [-0.2, -0.15) is 0 Å². The molecule has 11 heteroatoms. The van der Waals surface area contributed by atoms with Gasteiger partial charge in [0, 0.05) is 42.3 Å². The van der Waals surface area contributed by atoms with Crippen molar-refractivity contribution in [3.63, 3.8) is 0 Å². The summed E-state index contributed by atoms with van der Waals surface area (Å²) < 4.78 is 35.2. The number of carbonyl (C=O) groups is 2. The maximum absolute atomic E-state index is 16.9. The van der Waals surface area contributed by atoms with Crippen LogP contribution in [0.4, 0.5) is 4.39 Å². The highest BCUT2D eigenvalue weighted by Crippen LogP contribution is 2.57. The fourth-order valence-electron chi connectivity index (χ4n) is 9.13. The fourth-order valence-corrected chi connectivity index (χ4v) is 9.13. The quantitative estimate of drug-likeness (QED) is 0.191. The van der Waals surface area contributed by atoms with Crippen molar-refractivity contribution in [1.29, 1.82) is 0 Å². The molecule has 10 nitrogen and oxygen atoms in total. The standard InChI is InChI=1S/C43H46FN3O7/c1-42(2,3)23-47-17-16-27-29(20-47)37(52-21-24-12-8-6-9-13-24)32-28(34(27)44)18-26-19-30-35(46(4)5)38-33(40(50)43(30,51)39(49)31(26)36(32)48)41(45-54-38)53-22-25-14-10-7-11-15-25/h6-15,26,30,35,48,51H,16-23H2,1-5H3/t26-,30-,35-,43-/m0/s1. The fraction of sp³-hybridized carbons (Fsp3) is 0.419. The van der Waals surface area contributed by atoms with Gasteiger partial charge in [-0.1, -0.05) is 81.4 Å². The first-order chi connectivity index (χ1) is 25.8. The summed E-state index contributed by atoms with van der Waals surface area (Å²) in [5.41, 5.74) is 0.532. The molecule has 0 saturated heterocycles. The Morgan fingerprint density at radius 3 is 2.22 bits per heavy atom. The molecule has 282 valence electrons. The Balaban J connectivity index is 1.24. The maximum atomic E-state index is 16.9. The summed E-state index contributed by atoms with van der Waals surface area (Å²) in [7, 11) is 3.54. The molecule has 1 saturated carbocycles. The summed E-state index contributed by atoms with van der Waals surface area (Å²) in [6, 6.07) is 18.1. The number of fused-ring (bicyclic) bond motifs is 5. The molecule has 3 aliphatic carbocycles. The lowest BCUT2D eigenvalue weighted by atomic mass is 9.57. The van der Waals surface area contributed by atoms with E-state index in [4.69, 9.17) is 14.0 Å². The Labute approximate surface area is 314 Å². The molecule has 1 aromatic heterocycles. The Hall–Kier alpha value is -4.84. The molecule has 4 aliphatic rings. The molecule has 54 heavy (non-hydrogen) atoms. The van der Waals surface area contributed by atoms with Crippen LogP contribution in [0.15, 0.2) is 70.8 Å². The molecule has 2 heterocycles. The van der Waals surface area contributed by atoms with Crippen LogP contribution in [0.25, 0.3) is 5.76 Å². The van der Waals surface area contributed by atoms with Crippen molar-refractivity contribution in [2.45, 2.75) is 71.4 Å². The number of rotatable bonds is 8. The number of ether oxygens (including phenoxy) is 2. The topological polar surface area (TPSA) is 126 Å². The third-order valence-corrected chi connectivity index (χ3v) is 11.4. The zero-order chi connectivity index (χ0) is 38.1. The van der Waals surface area contributed by atoms with Crippen LogP contribution in [0.2, 0.25) is 0 Å². The number of ketones is 2. The van der Waals surface area contributed by atoms with Gasteiger partial charge in [-0.25, -0.2) is 4.39 Å². The number of benzene rings is 3. The molecule has 0 radical (unpaired) electrons. The van der Waals surface area contributed by atoms with E-state index in [9.17, 15) is 19.8 Å². The van der Waals surface area contributed by atoms with E-state index in [1.165, 1.54) is 0 Å². The van der Waals surface area contributed by atoms with Gasteiger partial charge in [-0.05, 0) is 66.5 Å². The van der Waals surface area contributed by atoms with Gasteiger partial charge in [-0.3, -0.25) is 19.4 Å². The molecular weight excluding hydrogens is 689 g/mol. The van der Waals surface area contributed by atoms with Gasteiger partial charge in [0.1, 0.15) is 36.1 Å². The van der Waals surface area contributed by atoms with E-state index < -0.39 is 46.6 Å². The average Bonchev–Trinajstić information content (AvgIpc) is 3.56. The number of aliphatic hydroxyl groups is 2. The summed E-state index contributed by atoms with van der Waals surface area (Å²) in [6.07, 6.45) is 0.657. The third-order valence-electron chi connectivity index (χ3n) is 11.4. The predicted octanol–water partition coefficient (Wildman–Crippen LogP) is 6.64. The lowest BCUT2D eigenvalue weighted by Crippen LogP contribution is -2.63. The smallest absolute Gasteiger partial charge is 0.265 e. The second-order valence-electron chi connectivity index (χ2n) is 16.6. The number of halogens is 1. The molecule has 3 aromatic carbocycles. The summed E-state index contributed by atoms with van der Waals surface area (Å²) in [6.45, 7) is 8.53. The minimum absolute atomic E-state index is 0.0130. The zero-order valence-corrected chi connectivity index (χ0v) is 31.3. The SMILES string of the molecule is CN(C)[C@@H]1c2onc(OCc3ccccc3)c2C(=O)[C@@]2(O)C(=O)C3=C(O)c4c(c(F)c5c(c4OCc4ccccc4)CN(CC(C)(C)C)CC5)C[C@H]3C[C@@H]12. The molecule has 1 fully saturated rings. The highest BCUT2D eigenvalue weighted by atomic mass is 19.1. The Kier molecular flexibility index (Phi) is 9.02. The number of nitrogens with zero attached hydrogens (tertiary/aromatic N) is 3. The van der Waals surface area contributed by atoms with E-state index in [2.05, 4.69) is 30.8 Å². The Bertz CT molecular complexity index is 2160. The third kappa shape index (κ3) is 5.93. The maximum Gasteiger partial charge on any atom is 0.265 e. The van der Waals surface area contributed by atoms with E-state index >= 15 is 4.39 Å². The highest BCUT2D eigenvalue weighted by Gasteiger charge is 2.65. The largest absolute Gasteiger partial charge is 0.507 e. The van der Waals surface area contributed by atoms with Crippen LogP contribution < -0.4 is 9.47 Å². The lowest BCUT2D eigenvalue weighted by molar-refractivity contribution is -0.142. The molecule has 0 unspecified atom stereocenters. The van der Waals surface area contributed by atoms with Crippen LogP contribution >= 0.6 is 0 Å². The number of hydrogen-bond donors (Lipinski definition) is 2. The predicted molar refractivity (Wildman–Crippen MR) is 198 cm³/mol. The van der Waals surface area contributed by atoms with Gasteiger partial charge in [0.15, 0.2) is 11.4 Å². The first kappa shape index (κ1) is 36.2.